The van der Waals surface area contributed by atoms with Crippen LogP contribution >= 0.6 is 0 Å². The van der Waals surface area contributed by atoms with Gasteiger partial charge in [-0.05, 0) is 32.9 Å². The van der Waals surface area contributed by atoms with Crippen LogP contribution in [0, 0.1) is 13.8 Å². The van der Waals surface area contributed by atoms with Crippen molar-refractivity contribution in [2.24, 2.45) is 0 Å². The lowest BCUT2D eigenvalue weighted by atomic mass is 10.3. The third-order valence-corrected chi connectivity index (χ3v) is 5.17. The minimum absolute atomic E-state index is 0.225. The topological polar surface area (TPSA) is 92.7 Å². The van der Waals surface area contributed by atoms with E-state index in [-0.39, 0.29) is 4.90 Å². The minimum Gasteiger partial charge on any atom is -0.346 e. The Bertz CT molecular complexity index is 939. The van der Waals surface area contributed by atoms with Gasteiger partial charge in [-0.15, -0.1) is 0 Å². The monoisotopic (exact) mass is 319 g/mol. The van der Waals surface area contributed by atoms with Gasteiger partial charge in [0.1, 0.15) is 10.5 Å². The van der Waals surface area contributed by atoms with Crippen molar-refractivity contribution in [1.29, 1.82) is 0 Å². The van der Waals surface area contributed by atoms with Gasteiger partial charge in [0.05, 0.1) is 23.3 Å². The van der Waals surface area contributed by atoms with Crippen molar-refractivity contribution in [1.82, 2.24) is 19.7 Å². The molecule has 0 amide bonds. The number of nitrogens with one attached hydrogen (secondary N) is 2. The molecule has 0 unspecified atom stereocenters. The number of hydrogen-bond donors (Lipinski definition) is 2. The van der Waals surface area contributed by atoms with Gasteiger partial charge >= 0.3 is 0 Å². The van der Waals surface area contributed by atoms with E-state index in [1.807, 2.05) is 13.0 Å². The maximum Gasteiger partial charge on any atom is 0.265 e. The molecule has 0 radical (unpaired) electrons. The Kier molecular flexibility index (Phi) is 3.40. The van der Waals surface area contributed by atoms with Crippen LogP contribution < -0.4 is 4.72 Å². The van der Waals surface area contributed by atoms with E-state index in [0.717, 1.165) is 5.39 Å². The third-order valence-electron chi connectivity index (χ3n) is 3.54. The van der Waals surface area contributed by atoms with Crippen LogP contribution in [0.1, 0.15) is 18.3 Å². The predicted octanol–water partition coefficient (Wildman–Crippen LogP) is 2.20. The van der Waals surface area contributed by atoms with Crippen LogP contribution in [0.2, 0.25) is 0 Å². The molecule has 3 aromatic rings. The van der Waals surface area contributed by atoms with E-state index in [1.54, 1.807) is 30.8 Å². The summed E-state index contributed by atoms with van der Waals surface area (Å²) >= 11 is 0. The first-order valence-electron chi connectivity index (χ1n) is 6.92. The van der Waals surface area contributed by atoms with Crippen molar-refractivity contribution in [3.8, 4) is 0 Å². The van der Waals surface area contributed by atoms with Gasteiger partial charge in [0.15, 0.2) is 0 Å². The average molecular weight is 319 g/mol. The van der Waals surface area contributed by atoms with Gasteiger partial charge in [0, 0.05) is 18.1 Å². The molecule has 0 atom stereocenters. The maximum atomic E-state index is 12.6. The highest BCUT2D eigenvalue weighted by Crippen LogP contribution is 2.23. The van der Waals surface area contributed by atoms with E-state index in [2.05, 4.69) is 19.8 Å². The standard InChI is InChI=1S/C14H17N5O2S/c1-4-19-10(3)13(9(2)17-19)22(20,21)18-12-7-11-5-6-15-14(11)16-8-12/h5-8,18H,4H2,1-3H3,(H,15,16). The molecule has 7 nitrogen and oxygen atoms in total. The van der Waals surface area contributed by atoms with Gasteiger partial charge in [0.2, 0.25) is 0 Å². The molecule has 0 aliphatic heterocycles. The molecule has 116 valence electrons. The summed E-state index contributed by atoms with van der Waals surface area (Å²) in [6.07, 6.45) is 3.25. The van der Waals surface area contributed by atoms with Crippen molar-refractivity contribution < 1.29 is 8.42 Å². The normalized spacial score (nSPS) is 12.0. The zero-order chi connectivity index (χ0) is 15.9. The zero-order valence-corrected chi connectivity index (χ0v) is 13.4. The molecule has 22 heavy (non-hydrogen) atoms. The van der Waals surface area contributed by atoms with Crippen LogP contribution in [0.15, 0.2) is 29.4 Å². The summed E-state index contributed by atoms with van der Waals surface area (Å²) in [6, 6.07) is 3.58. The Labute approximate surface area is 128 Å². The number of rotatable bonds is 4. The highest BCUT2D eigenvalue weighted by molar-refractivity contribution is 7.92. The molecular formula is C14H17N5O2S. The molecule has 8 heteroatoms. The molecule has 3 aromatic heterocycles. The van der Waals surface area contributed by atoms with Crippen molar-refractivity contribution in [2.75, 3.05) is 4.72 Å². The van der Waals surface area contributed by atoms with Gasteiger partial charge in [0.25, 0.3) is 10.0 Å². The van der Waals surface area contributed by atoms with E-state index < -0.39 is 10.0 Å². The molecule has 0 saturated heterocycles. The second-order valence-electron chi connectivity index (χ2n) is 5.06. The first-order chi connectivity index (χ1) is 10.4. The van der Waals surface area contributed by atoms with Gasteiger partial charge in [-0.1, -0.05) is 0 Å². The number of nitrogens with zero attached hydrogens (tertiary/aromatic N) is 3. The second kappa shape index (κ2) is 5.13. The molecule has 0 aliphatic carbocycles. The van der Waals surface area contributed by atoms with E-state index in [9.17, 15) is 8.42 Å². The van der Waals surface area contributed by atoms with Crippen LogP contribution in [0.4, 0.5) is 5.69 Å². The summed E-state index contributed by atoms with van der Waals surface area (Å²) in [6.45, 7) is 6.00. The lowest BCUT2D eigenvalue weighted by molar-refractivity contribution is 0.598. The summed E-state index contributed by atoms with van der Waals surface area (Å²) in [4.78, 5) is 7.38. The lowest BCUT2D eigenvalue weighted by Gasteiger charge is -2.08. The smallest absolute Gasteiger partial charge is 0.265 e. The van der Waals surface area contributed by atoms with E-state index in [4.69, 9.17) is 0 Å². The molecule has 0 aliphatic rings. The highest BCUT2D eigenvalue weighted by Gasteiger charge is 2.24. The van der Waals surface area contributed by atoms with Crippen LogP contribution in [-0.2, 0) is 16.6 Å². The van der Waals surface area contributed by atoms with Crippen LogP contribution in [0.3, 0.4) is 0 Å². The van der Waals surface area contributed by atoms with E-state index >= 15 is 0 Å². The summed E-state index contributed by atoms with van der Waals surface area (Å²) in [7, 11) is -3.70. The van der Waals surface area contributed by atoms with E-state index in [1.165, 1.54) is 6.20 Å². The number of pyridine rings is 1. The van der Waals surface area contributed by atoms with E-state index in [0.29, 0.717) is 29.3 Å². The third kappa shape index (κ3) is 2.35. The Balaban J connectivity index is 2.01. The van der Waals surface area contributed by atoms with Gasteiger partial charge in [-0.3, -0.25) is 9.40 Å². The predicted molar refractivity (Wildman–Crippen MR) is 84.3 cm³/mol. The van der Waals surface area contributed by atoms with Crippen molar-refractivity contribution in [2.45, 2.75) is 32.2 Å². The van der Waals surface area contributed by atoms with Crippen LogP contribution in [0.25, 0.3) is 11.0 Å². The number of anilines is 1. The first-order valence-corrected chi connectivity index (χ1v) is 8.40. The maximum absolute atomic E-state index is 12.6. The van der Waals surface area contributed by atoms with Crippen molar-refractivity contribution >= 4 is 26.7 Å². The quantitative estimate of drug-likeness (QED) is 0.771. The zero-order valence-electron chi connectivity index (χ0n) is 12.6. The molecule has 3 heterocycles. The fourth-order valence-corrected chi connectivity index (χ4v) is 4.03. The first kappa shape index (κ1) is 14.6. The Morgan fingerprint density at radius 2 is 2.14 bits per heavy atom. The average Bonchev–Trinajstić information content (AvgIpc) is 3.02. The number of aromatic amines is 1. The summed E-state index contributed by atoms with van der Waals surface area (Å²) < 4.78 is 29.5. The number of aromatic nitrogens is 4. The number of H-pyrrole nitrogens is 1. The molecule has 0 aromatic carbocycles. The Morgan fingerprint density at radius 3 is 2.82 bits per heavy atom. The number of sulfonamides is 1. The van der Waals surface area contributed by atoms with Crippen molar-refractivity contribution in [3.05, 3.63) is 35.9 Å². The molecule has 0 spiro atoms. The van der Waals surface area contributed by atoms with Crippen LogP contribution in [-0.4, -0.2) is 28.2 Å². The molecular weight excluding hydrogens is 302 g/mol. The molecule has 0 saturated carbocycles. The van der Waals surface area contributed by atoms with Crippen LogP contribution in [0.5, 0.6) is 0 Å². The highest BCUT2D eigenvalue weighted by atomic mass is 32.2. The lowest BCUT2D eigenvalue weighted by Crippen LogP contribution is -2.15. The number of fused-ring (bicyclic) bond motifs is 1. The minimum atomic E-state index is -3.70. The molecule has 0 bridgehead atoms. The van der Waals surface area contributed by atoms with Gasteiger partial charge in [-0.2, -0.15) is 5.10 Å². The fourth-order valence-electron chi connectivity index (χ4n) is 2.58. The molecule has 3 rings (SSSR count). The summed E-state index contributed by atoms with van der Waals surface area (Å²) in [5, 5.41) is 5.10. The van der Waals surface area contributed by atoms with Crippen molar-refractivity contribution in [3.63, 3.8) is 0 Å². The number of aryl methyl sites for hydroxylation is 2. The Morgan fingerprint density at radius 1 is 1.36 bits per heavy atom. The molecule has 2 N–H and O–H groups in total. The Hall–Kier alpha value is -2.35. The fraction of sp³-hybridized carbons (Fsp3) is 0.286. The molecule has 0 fully saturated rings. The number of hydrogen-bond acceptors (Lipinski definition) is 4. The largest absolute Gasteiger partial charge is 0.346 e. The van der Waals surface area contributed by atoms with Gasteiger partial charge in [-0.25, -0.2) is 13.4 Å². The second-order valence-corrected chi connectivity index (χ2v) is 6.68. The SMILES string of the molecule is CCn1nc(C)c(S(=O)(=O)Nc2cnc3[nH]ccc3c2)c1C. The summed E-state index contributed by atoms with van der Waals surface area (Å²) in [5.74, 6) is 0. The summed E-state index contributed by atoms with van der Waals surface area (Å²) in [5.41, 5.74) is 2.26. The van der Waals surface area contributed by atoms with Gasteiger partial charge < -0.3 is 4.98 Å².